The molecular formula is C16H16F3N. The highest BCUT2D eigenvalue weighted by atomic mass is 19.2. The van der Waals surface area contributed by atoms with Gasteiger partial charge in [-0.1, -0.05) is 31.2 Å². The summed E-state index contributed by atoms with van der Waals surface area (Å²) in [5, 5.41) is 3.17. The molecule has 2 rings (SSSR count). The van der Waals surface area contributed by atoms with Crippen molar-refractivity contribution in [3.63, 3.8) is 0 Å². The standard InChI is InChI=1S/C16H16F3N/c1-2-20-16(12-5-3-4-6-13(12)17)10-11-7-8-14(18)15(19)9-11/h3-9,16,20H,2,10H2,1H3. The Morgan fingerprint density at radius 2 is 1.70 bits per heavy atom. The van der Waals surface area contributed by atoms with Crippen LogP contribution in [0.5, 0.6) is 0 Å². The fourth-order valence-electron chi connectivity index (χ4n) is 2.20. The van der Waals surface area contributed by atoms with Crippen LogP contribution in [0.1, 0.15) is 24.1 Å². The zero-order valence-corrected chi connectivity index (χ0v) is 11.2. The van der Waals surface area contributed by atoms with Gasteiger partial charge in [0.05, 0.1) is 0 Å². The van der Waals surface area contributed by atoms with E-state index in [2.05, 4.69) is 5.32 Å². The van der Waals surface area contributed by atoms with Crippen molar-refractivity contribution in [1.29, 1.82) is 0 Å². The predicted octanol–water partition coefficient (Wildman–Crippen LogP) is 4.00. The molecule has 20 heavy (non-hydrogen) atoms. The van der Waals surface area contributed by atoms with E-state index in [0.29, 0.717) is 24.1 Å². The Hall–Kier alpha value is -1.81. The molecule has 1 unspecified atom stereocenters. The Labute approximate surface area is 116 Å². The summed E-state index contributed by atoms with van der Waals surface area (Å²) in [6.07, 6.45) is 0.395. The molecule has 0 radical (unpaired) electrons. The summed E-state index contributed by atoms with van der Waals surface area (Å²) in [5.74, 6) is -2.06. The highest BCUT2D eigenvalue weighted by molar-refractivity contribution is 5.25. The Morgan fingerprint density at radius 1 is 0.950 bits per heavy atom. The van der Waals surface area contributed by atoms with E-state index in [-0.39, 0.29) is 11.9 Å². The summed E-state index contributed by atoms with van der Waals surface area (Å²) >= 11 is 0. The van der Waals surface area contributed by atoms with Crippen molar-refractivity contribution in [3.8, 4) is 0 Å². The Morgan fingerprint density at radius 3 is 2.35 bits per heavy atom. The van der Waals surface area contributed by atoms with E-state index in [1.807, 2.05) is 6.92 Å². The molecule has 0 heterocycles. The molecule has 2 aromatic rings. The summed E-state index contributed by atoms with van der Waals surface area (Å²) in [6.45, 7) is 2.57. The fourth-order valence-corrected chi connectivity index (χ4v) is 2.20. The Bertz CT molecular complexity index is 584. The molecule has 0 saturated heterocycles. The summed E-state index contributed by atoms with van der Waals surface area (Å²) < 4.78 is 40.0. The lowest BCUT2D eigenvalue weighted by Gasteiger charge is -2.19. The van der Waals surface area contributed by atoms with E-state index in [4.69, 9.17) is 0 Å². The maximum atomic E-state index is 13.8. The SMILES string of the molecule is CCNC(Cc1ccc(F)c(F)c1)c1ccccc1F. The van der Waals surface area contributed by atoms with Gasteiger partial charge in [-0.3, -0.25) is 0 Å². The average Bonchev–Trinajstić information content (AvgIpc) is 2.43. The number of rotatable bonds is 5. The predicted molar refractivity (Wildman–Crippen MR) is 72.9 cm³/mol. The zero-order valence-electron chi connectivity index (χ0n) is 11.2. The second-order valence-electron chi connectivity index (χ2n) is 4.58. The number of hydrogen-bond acceptors (Lipinski definition) is 1. The molecule has 1 atom stereocenters. The van der Waals surface area contributed by atoms with E-state index >= 15 is 0 Å². The third kappa shape index (κ3) is 3.39. The number of hydrogen-bond donors (Lipinski definition) is 1. The van der Waals surface area contributed by atoms with E-state index in [9.17, 15) is 13.2 Å². The van der Waals surface area contributed by atoms with Gasteiger partial charge in [0.1, 0.15) is 5.82 Å². The maximum absolute atomic E-state index is 13.8. The molecule has 0 aromatic heterocycles. The van der Waals surface area contributed by atoms with Gasteiger partial charge in [0.2, 0.25) is 0 Å². The molecule has 0 aliphatic heterocycles. The van der Waals surface area contributed by atoms with Crippen molar-refractivity contribution in [2.45, 2.75) is 19.4 Å². The minimum atomic E-state index is -0.883. The van der Waals surface area contributed by atoms with E-state index in [1.165, 1.54) is 12.1 Å². The van der Waals surface area contributed by atoms with Gasteiger partial charge < -0.3 is 5.32 Å². The van der Waals surface area contributed by atoms with Crippen LogP contribution in [0.25, 0.3) is 0 Å². The molecule has 0 fully saturated rings. The van der Waals surface area contributed by atoms with Gasteiger partial charge in [-0.25, -0.2) is 13.2 Å². The molecule has 0 amide bonds. The van der Waals surface area contributed by atoms with Crippen molar-refractivity contribution >= 4 is 0 Å². The van der Waals surface area contributed by atoms with Crippen LogP contribution in [0.4, 0.5) is 13.2 Å². The van der Waals surface area contributed by atoms with Gasteiger partial charge in [-0.05, 0) is 36.7 Å². The molecule has 1 nitrogen and oxygen atoms in total. The minimum absolute atomic E-state index is 0.272. The van der Waals surface area contributed by atoms with Gasteiger partial charge >= 0.3 is 0 Å². The van der Waals surface area contributed by atoms with Crippen LogP contribution in [0, 0.1) is 17.5 Å². The summed E-state index contributed by atoms with van der Waals surface area (Å²) in [5.41, 5.74) is 1.15. The number of benzene rings is 2. The van der Waals surface area contributed by atoms with Gasteiger partial charge in [0.15, 0.2) is 11.6 Å². The smallest absolute Gasteiger partial charge is 0.159 e. The van der Waals surface area contributed by atoms with Gasteiger partial charge in [0, 0.05) is 11.6 Å². The normalized spacial score (nSPS) is 12.4. The second-order valence-corrected chi connectivity index (χ2v) is 4.58. The van der Waals surface area contributed by atoms with Crippen LogP contribution < -0.4 is 5.32 Å². The number of halogens is 3. The largest absolute Gasteiger partial charge is 0.310 e. The third-order valence-corrected chi connectivity index (χ3v) is 3.16. The van der Waals surface area contributed by atoms with Crippen molar-refractivity contribution in [1.82, 2.24) is 5.32 Å². The second kappa shape index (κ2) is 6.57. The summed E-state index contributed by atoms with van der Waals surface area (Å²) in [7, 11) is 0. The fraction of sp³-hybridized carbons (Fsp3) is 0.250. The first-order valence-electron chi connectivity index (χ1n) is 6.53. The molecule has 0 aliphatic rings. The Kier molecular flexibility index (Phi) is 4.79. The third-order valence-electron chi connectivity index (χ3n) is 3.16. The lowest BCUT2D eigenvalue weighted by atomic mass is 9.98. The van der Waals surface area contributed by atoms with Crippen LogP contribution >= 0.6 is 0 Å². The van der Waals surface area contributed by atoms with E-state index in [1.54, 1.807) is 18.2 Å². The zero-order chi connectivity index (χ0) is 14.5. The molecule has 0 aliphatic carbocycles. The molecule has 4 heteroatoms. The monoisotopic (exact) mass is 279 g/mol. The van der Waals surface area contributed by atoms with Crippen LogP contribution in [0.2, 0.25) is 0 Å². The van der Waals surface area contributed by atoms with Crippen LogP contribution in [0.3, 0.4) is 0 Å². The lowest BCUT2D eigenvalue weighted by molar-refractivity contribution is 0.495. The molecule has 2 aromatic carbocycles. The van der Waals surface area contributed by atoms with Crippen LogP contribution in [0.15, 0.2) is 42.5 Å². The number of likely N-dealkylation sites (N-methyl/N-ethyl adjacent to an activating group) is 1. The maximum Gasteiger partial charge on any atom is 0.159 e. The highest BCUT2D eigenvalue weighted by Crippen LogP contribution is 2.22. The lowest BCUT2D eigenvalue weighted by Crippen LogP contribution is -2.24. The summed E-state index contributed by atoms with van der Waals surface area (Å²) in [6, 6.07) is 9.96. The topological polar surface area (TPSA) is 12.0 Å². The van der Waals surface area contributed by atoms with Crippen LogP contribution in [-0.4, -0.2) is 6.54 Å². The average molecular weight is 279 g/mol. The first-order valence-corrected chi connectivity index (χ1v) is 6.53. The molecule has 0 saturated carbocycles. The molecule has 0 bridgehead atoms. The van der Waals surface area contributed by atoms with Crippen molar-refractivity contribution in [3.05, 3.63) is 71.0 Å². The van der Waals surface area contributed by atoms with Crippen LogP contribution in [-0.2, 0) is 6.42 Å². The highest BCUT2D eigenvalue weighted by Gasteiger charge is 2.15. The summed E-state index contributed by atoms with van der Waals surface area (Å²) in [4.78, 5) is 0. The minimum Gasteiger partial charge on any atom is -0.310 e. The van der Waals surface area contributed by atoms with Gasteiger partial charge in [-0.15, -0.1) is 0 Å². The van der Waals surface area contributed by atoms with Crippen molar-refractivity contribution in [2.75, 3.05) is 6.54 Å². The molecule has 106 valence electrons. The molecule has 0 spiro atoms. The molecular weight excluding hydrogens is 263 g/mol. The van der Waals surface area contributed by atoms with Gasteiger partial charge in [-0.2, -0.15) is 0 Å². The Balaban J connectivity index is 2.25. The van der Waals surface area contributed by atoms with Crippen molar-refractivity contribution < 1.29 is 13.2 Å². The first kappa shape index (κ1) is 14.6. The van der Waals surface area contributed by atoms with E-state index in [0.717, 1.165) is 12.1 Å². The number of nitrogens with one attached hydrogen (secondary N) is 1. The molecule has 1 N–H and O–H groups in total. The van der Waals surface area contributed by atoms with E-state index < -0.39 is 11.6 Å². The first-order chi connectivity index (χ1) is 9.61. The van der Waals surface area contributed by atoms with Crippen molar-refractivity contribution in [2.24, 2.45) is 0 Å². The van der Waals surface area contributed by atoms with Gasteiger partial charge in [0.25, 0.3) is 0 Å². The quantitative estimate of drug-likeness (QED) is 0.872.